The van der Waals surface area contributed by atoms with Crippen LogP contribution >= 0.6 is 11.3 Å². The summed E-state index contributed by atoms with van der Waals surface area (Å²) < 4.78 is 5.68. The van der Waals surface area contributed by atoms with E-state index in [9.17, 15) is 14.4 Å². The lowest BCUT2D eigenvalue weighted by atomic mass is 9.81. The third kappa shape index (κ3) is 1.99. The van der Waals surface area contributed by atoms with Gasteiger partial charge in [0.1, 0.15) is 0 Å². The van der Waals surface area contributed by atoms with Crippen LogP contribution in [0.3, 0.4) is 0 Å². The van der Waals surface area contributed by atoms with E-state index in [1.54, 1.807) is 5.38 Å². The molecule has 0 unspecified atom stereocenters. The topological polar surface area (TPSA) is 75.7 Å². The Morgan fingerprint density at radius 1 is 1.30 bits per heavy atom. The van der Waals surface area contributed by atoms with Crippen molar-refractivity contribution in [1.82, 2.24) is 10.4 Å². The third-order valence-corrected chi connectivity index (χ3v) is 6.15. The first-order valence-corrected chi connectivity index (χ1v) is 8.82. The Morgan fingerprint density at radius 2 is 1.91 bits per heavy atom. The number of fused-ring (bicyclic) bond motifs is 5. The summed E-state index contributed by atoms with van der Waals surface area (Å²) in [6, 6.07) is 0. The molecule has 3 fully saturated rings. The SMILES string of the molecule is CCc1c(C(=O)NN2C(=O)[C@@H]3[C@@H](C2=O)[C@H]2CC[C@@H]3O2)csc1C. The molecule has 2 bridgehead atoms. The van der Waals surface area contributed by atoms with Gasteiger partial charge in [0.25, 0.3) is 17.7 Å². The summed E-state index contributed by atoms with van der Waals surface area (Å²) >= 11 is 1.50. The Bertz CT molecular complexity index is 685. The van der Waals surface area contributed by atoms with Gasteiger partial charge in [-0.05, 0) is 31.7 Å². The number of carbonyl (C=O) groups excluding carboxylic acids is 3. The number of aryl methyl sites for hydroxylation is 1. The lowest BCUT2D eigenvalue weighted by Gasteiger charge is -2.18. The molecule has 3 aliphatic heterocycles. The summed E-state index contributed by atoms with van der Waals surface area (Å²) in [5.41, 5.74) is 4.04. The van der Waals surface area contributed by atoms with Crippen LogP contribution in [-0.2, 0) is 20.7 Å². The van der Waals surface area contributed by atoms with Crippen LogP contribution in [0.1, 0.15) is 40.6 Å². The summed E-state index contributed by atoms with van der Waals surface area (Å²) in [5.74, 6) is -1.88. The van der Waals surface area contributed by atoms with Crippen molar-refractivity contribution >= 4 is 29.1 Å². The minimum Gasteiger partial charge on any atom is -0.373 e. The first-order valence-electron chi connectivity index (χ1n) is 7.94. The number of imide groups is 1. The number of rotatable bonds is 3. The maximum Gasteiger partial charge on any atom is 0.271 e. The van der Waals surface area contributed by atoms with Crippen LogP contribution in [0.15, 0.2) is 5.38 Å². The van der Waals surface area contributed by atoms with Crippen LogP contribution in [0.5, 0.6) is 0 Å². The van der Waals surface area contributed by atoms with E-state index in [4.69, 9.17) is 4.74 Å². The summed E-state index contributed by atoms with van der Waals surface area (Å²) in [6.45, 7) is 3.95. The predicted octanol–water partition coefficient (Wildman–Crippen LogP) is 1.43. The Labute approximate surface area is 137 Å². The monoisotopic (exact) mass is 334 g/mol. The molecule has 0 saturated carbocycles. The van der Waals surface area contributed by atoms with E-state index in [0.29, 0.717) is 5.56 Å². The molecule has 4 heterocycles. The fourth-order valence-corrected chi connectivity index (χ4v) is 5.03. The highest BCUT2D eigenvalue weighted by Crippen LogP contribution is 2.48. The number of amides is 3. The van der Waals surface area contributed by atoms with Crippen molar-refractivity contribution in [3.8, 4) is 0 Å². The second-order valence-electron chi connectivity index (χ2n) is 6.33. The van der Waals surface area contributed by atoms with Crippen LogP contribution in [0.2, 0.25) is 0 Å². The second kappa shape index (κ2) is 5.14. The van der Waals surface area contributed by atoms with Gasteiger partial charge < -0.3 is 4.74 Å². The Balaban J connectivity index is 1.56. The van der Waals surface area contributed by atoms with E-state index < -0.39 is 11.8 Å². The molecule has 122 valence electrons. The molecule has 0 radical (unpaired) electrons. The fraction of sp³-hybridized carbons (Fsp3) is 0.562. The van der Waals surface area contributed by atoms with E-state index in [1.165, 1.54) is 11.3 Å². The zero-order valence-corrected chi connectivity index (χ0v) is 13.8. The van der Waals surface area contributed by atoms with E-state index >= 15 is 0 Å². The number of carbonyl (C=O) groups is 3. The molecular formula is C16H18N2O4S. The molecule has 1 N–H and O–H groups in total. The summed E-state index contributed by atoms with van der Waals surface area (Å²) in [6.07, 6.45) is 2.03. The van der Waals surface area contributed by atoms with E-state index in [1.807, 2.05) is 13.8 Å². The number of hydrazine groups is 1. The quantitative estimate of drug-likeness (QED) is 0.849. The van der Waals surface area contributed by atoms with E-state index in [-0.39, 0.29) is 29.9 Å². The van der Waals surface area contributed by atoms with Crippen molar-refractivity contribution in [3.63, 3.8) is 0 Å². The van der Waals surface area contributed by atoms with E-state index in [2.05, 4.69) is 5.43 Å². The van der Waals surface area contributed by atoms with Crippen LogP contribution in [0, 0.1) is 18.8 Å². The number of hydrogen-bond acceptors (Lipinski definition) is 5. The average Bonchev–Trinajstić information content (AvgIpc) is 3.27. The third-order valence-electron chi connectivity index (χ3n) is 5.20. The van der Waals surface area contributed by atoms with Crippen LogP contribution in [0.4, 0.5) is 0 Å². The standard InChI is InChI=1S/C16H18N2O4S/c1-3-8-7(2)23-6-9(8)14(19)17-18-15(20)12-10-4-5-11(22-10)13(12)16(18)21/h6,10-13H,3-5H2,1-2H3,(H,17,19)/t10-,11+,12-,13-/m0/s1. The number of nitrogens with one attached hydrogen (secondary N) is 1. The fourth-order valence-electron chi connectivity index (χ4n) is 4.09. The second-order valence-corrected chi connectivity index (χ2v) is 7.42. The van der Waals surface area contributed by atoms with Gasteiger partial charge in [-0.1, -0.05) is 6.92 Å². The maximum absolute atomic E-state index is 12.5. The van der Waals surface area contributed by atoms with Gasteiger partial charge in [0.15, 0.2) is 0 Å². The lowest BCUT2D eigenvalue weighted by molar-refractivity contribution is -0.145. The van der Waals surface area contributed by atoms with Gasteiger partial charge >= 0.3 is 0 Å². The molecular weight excluding hydrogens is 316 g/mol. The molecule has 1 aromatic heterocycles. The van der Waals surface area contributed by atoms with Gasteiger partial charge in [0.2, 0.25) is 0 Å². The molecule has 6 nitrogen and oxygen atoms in total. The van der Waals surface area contributed by atoms with Crippen molar-refractivity contribution in [1.29, 1.82) is 0 Å². The number of hydrogen-bond donors (Lipinski definition) is 1. The largest absolute Gasteiger partial charge is 0.373 e. The molecule has 1 aromatic rings. The molecule has 0 aromatic carbocycles. The van der Waals surface area contributed by atoms with Crippen molar-refractivity contribution in [2.75, 3.05) is 0 Å². The number of ether oxygens (including phenoxy) is 1. The molecule has 4 atom stereocenters. The van der Waals surface area contributed by atoms with Gasteiger partial charge in [0, 0.05) is 10.3 Å². The molecule has 7 heteroatoms. The van der Waals surface area contributed by atoms with Gasteiger partial charge in [-0.3, -0.25) is 19.8 Å². The zero-order valence-electron chi connectivity index (χ0n) is 13.0. The Kier molecular flexibility index (Phi) is 3.32. The lowest BCUT2D eigenvalue weighted by Crippen LogP contribution is -2.48. The van der Waals surface area contributed by atoms with Crippen LogP contribution in [-0.4, -0.2) is 34.9 Å². The summed E-state index contributed by atoms with van der Waals surface area (Å²) in [4.78, 5) is 38.6. The zero-order chi connectivity index (χ0) is 16.3. The molecule has 3 aliphatic rings. The highest BCUT2D eigenvalue weighted by Gasteiger charge is 2.62. The van der Waals surface area contributed by atoms with Gasteiger partial charge in [-0.25, -0.2) is 0 Å². The molecule has 23 heavy (non-hydrogen) atoms. The van der Waals surface area contributed by atoms with Gasteiger partial charge in [-0.15, -0.1) is 11.3 Å². The summed E-state index contributed by atoms with van der Waals surface area (Å²) in [5, 5.41) is 2.71. The molecule has 3 amide bonds. The highest BCUT2D eigenvalue weighted by molar-refractivity contribution is 7.10. The first kappa shape index (κ1) is 14.8. The number of nitrogens with zero attached hydrogens (tertiary/aromatic N) is 1. The Hall–Kier alpha value is -1.73. The van der Waals surface area contributed by atoms with Gasteiger partial charge in [-0.2, -0.15) is 5.01 Å². The first-order chi connectivity index (χ1) is 11.0. The molecule has 4 rings (SSSR count). The molecule has 3 saturated heterocycles. The molecule has 0 aliphatic carbocycles. The maximum atomic E-state index is 12.5. The minimum absolute atomic E-state index is 0.169. The Morgan fingerprint density at radius 3 is 2.48 bits per heavy atom. The van der Waals surface area contributed by atoms with E-state index in [0.717, 1.165) is 34.7 Å². The predicted molar refractivity (Wildman–Crippen MR) is 82.6 cm³/mol. The van der Waals surface area contributed by atoms with Crippen molar-refractivity contribution in [2.24, 2.45) is 11.8 Å². The van der Waals surface area contributed by atoms with Crippen LogP contribution in [0.25, 0.3) is 0 Å². The van der Waals surface area contributed by atoms with Crippen molar-refractivity contribution in [3.05, 3.63) is 21.4 Å². The normalized spacial score (nSPS) is 31.8. The number of thiophene rings is 1. The minimum atomic E-state index is -0.420. The smallest absolute Gasteiger partial charge is 0.271 e. The van der Waals surface area contributed by atoms with Gasteiger partial charge in [0.05, 0.1) is 29.6 Å². The summed E-state index contributed by atoms with van der Waals surface area (Å²) in [7, 11) is 0. The van der Waals surface area contributed by atoms with Crippen molar-refractivity contribution in [2.45, 2.75) is 45.3 Å². The average molecular weight is 334 g/mol. The highest BCUT2D eigenvalue weighted by atomic mass is 32.1. The van der Waals surface area contributed by atoms with Crippen molar-refractivity contribution < 1.29 is 19.1 Å². The molecule has 0 spiro atoms. The van der Waals surface area contributed by atoms with Crippen LogP contribution < -0.4 is 5.43 Å².